The van der Waals surface area contributed by atoms with Crippen molar-refractivity contribution in [2.75, 3.05) is 51.1 Å². The van der Waals surface area contributed by atoms with E-state index in [1.807, 2.05) is 0 Å². The molecule has 0 spiro atoms. The highest BCUT2D eigenvalue weighted by atomic mass is 16.5. The molecular formula is C23H27N7O6. The number of morpholine rings is 1. The number of nitrogens with two attached hydrogens (primary N) is 1. The lowest BCUT2D eigenvalue weighted by molar-refractivity contribution is -0.135. The lowest BCUT2D eigenvalue weighted by Gasteiger charge is -2.26. The van der Waals surface area contributed by atoms with Gasteiger partial charge in [0, 0.05) is 32.0 Å². The van der Waals surface area contributed by atoms with E-state index in [0.29, 0.717) is 37.4 Å². The van der Waals surface area contributed by atoms with Gasteiger partial charge >= 0.3 is 0 Å². The van der Waals surface area contributed by atoms with Crippen molar-refractivity contribution in [2.45, 2.75) is 19.9 Å². The molecule has 2 aromatic heterocycles. The van der Waals surface area contributed by atoms with Gasteiger partial charge in [0.05, 0.1) is 44.3 Å². The van der Waals surface area contributed by atoms with Crippen LogP contribution >= 0.6 is 0 Å². The molecule has 1 aliphatic heterocycles. The van der Waals surface area contributed by atoms with Gasteiger partial charge < -0.3 is 24.8 Å². The van der Waals surface area contributed by atoms with Crippen LogP contribution in [0.1, 0.15) is 23.7 Å². The topological polar surface area (TPSA) is 164 Å². The molecule has 1 saturated heterocycles. The van der Waals surface area contributed by atoms with Crippen LogP contribution in [-0.2, 0) is 16.1 Å². The first-order chi connectivity index (χ1) is 17.4. The summed E-state index contributed by atoms with van der Waals surface area (Å²) >= 11 is 0. The van der Waals surface area contributed by atoms with Gasteiger partial charge in [0.15, 0.2) is 11.5 Å². The lowest BCUT2D eigenvalue weighted by atomic mass is 10.2. The Bertz CT molecular complexity index is 1320. The summed E-state index contributed by atoms with van der Waals surface area (Å²) in [6.45, 7) is 4.31. The number of ether oxygens (including phenoxy) is 3. The van der Waals surface area contributed by atoms with Crippen molar-refractivity contribution in [3.63, 3.8) is 0 Å². The Morgan fingerprint density at radius 2 is 1.92 bits per heavy atom. The second kappa shape index (κ2) is 11.0. The number of nitrogens with one attached hydrogen (secondary N) is 1. The van der Waals surface area contributed by atoms with E-state index < -0.39 is 5.91 Å². The summed E-state index contributed by atoms with van der Waals surface area (Å²) in [4.78, 5) is 52.1. The highest BCUT2D eigenvalue weighted by Gasteiger charge is 2.20. The molecule has 13 heteroatoms. The smallest absolute Gasteiger partial charge is 0.262 e. The molecule has 3 heterocycles. The Labute approximate surface area is 206 Å². The van der Waals surface area contributed by atoms with Crippen LogP contribution in [0.4, 0.5) is 11.9 Å². The maximum Gasteiger partial charge on any atom is 0.262 e. The van der Waals surface area contributed by atoms with Crippen molar-refractivity contribution in [1.82, 2.24) is 24.4 Å². The molecule has 0 saturated carbocycles. The molecule has 0 unspecified atom stereocenters. The van der Waals surface area contributed by atoms with Crippen LogP contribution in [0.5, 0.6) is 11.5 Å². The summed E-state index contributed by atoms with van der Waals surface area (Å²) in [5.41, 5.74) is 5.48. The molecule has 2 amide bonds. The van der Waals surface area contributed by atoms with Gasteiger partial charge in [-0.2, -0.15) is 0 Å². The molecule has 190 valence electrons. The van der Waals surface area contributed by atoms with Gasteiger partial charge in [-0.25, -0.2) is 15.0 Å². The third-order valence-electron chi connectivity index (χ3n) is 5.66. The fourth-order valence-electron chi connectivity index (χ4n) is 3.79. The molecule has 3 aromatic rings. The predicted octanol–water partition coefficient (Wildman–Crippen LogP) is 0.677. The zero-order chi connectivity index (χ0) is 25.7. The average Bonchev–Trinajstić information content (AvgIpc) is 2.89. The van der Waals surface area contributed by atoms with Crippen molar-refractivity contribution >= 4 is 34.6 Å². The minimum atomic E-state index is -0.559. The number of carbonyl (C=O) groups is 2. The van der Waals surface area contributed by atoms with Crippen molar-refractivity contribution in [1.29, 1.82) is 0 Å². The second-order valence-electron chi connectivity index (χ2n) is 7.85. The molecule has 0 bridgehead atoms. The largest absolute Gasteiger partial charge is 0.491 e. The SMILES string of the molecule is CCn1c(NC(=O)c2cnc(N)nc2)nc2c(OC)c(OCCC(=O)N3CCOCC3)ccc2c1=O. The fourth-order valence-corrected chi connectivity index (χ4v) is 3.79. The van der Waals surface area contributed by atoms with E-state index in [9.17, 15) is 14.4 Å². The van der Waals surface area contributed by atoms with Gasteiger partial charge in [0.2, 0.25) is 17.8 Å². The van der Waals surface area contributed by atoms with E-state index in [1.54, 1.807) is 24.0 Å². The second-order valence-corrected chi connectivity index (χ2v) is 7.85. The quantitative estimate of drug-likeness (QED) is 0.452. The monoisotopic (exact) mass is 497 g/mol. The molecule has 0 atom stereocenters. The normalized spacial score (nSPS) is 13.4. The summed E-state index contributed by atoms with van der Waals surface area (Å²) < 4.78 is 18.0. The molecular weight excluding hydrogens is 470 g/mol. The average molecular weight is 498 g/mol. The molecule has 1 fully saturated rings. The maximum absolute atomic E-state index is 13.2. The lowest BCUT2D eigenvalue weighted by Crippen LogP contribution is -2.41. The van der Waals surface area contributed by atoms with Crippen molar-refractivity contribution in [2.24, 2.45) is 0 Å². The summed E-state index contributed by atoms with van der Waals surface area (Å²) in [5, 5.41) is 2.92. The summed E-state index contributed by atoms with van der Waals surface area (Å²) in [6, 6.07) is 3.19. The van der Waals surface area contributed by atoms with Crippen LogP contribution in [-0.4, -0.2) is 76.3 Å². The first-order valence-corrected chi connectivity index (χ1v) is 11.4. The minimum absolute atomic E-state index is 0.0229. The van der Waals surface area contributed by atoms with Gasteiger partial charge in [0.25, 0.3) is 11.5 Å². The zero-order valence-electron chi connectivity index (χ0n) is 20.0. The van der Waals surface area contributed by atoms with Gasteiger partial charge in [-0.1, -0.05) is 0 Å². The Kier molecular flexibility index (Phi) is 7.59. The standard InChI is InChI=1S/C23H27N7O6/c1-3-30-21(33)15-4-5-16(36-9-6-17(31)29-7-10-35-11-8-29)19(34-2)18(15)27-23(30)28-20(32)14-12-25-22(24)26-13-14/h4-5,12-13H,3,6-11H2,1-2H3,(H2,24,25,26)(H,27,28,32). The number of hydrogen-bond acceptors (Lipinski definition) is 10. The number of nitrogens with zero attached hydrogens (tertiary/aromatic N) is 5. The third kappa shape index (κ3) is 5.20. The number of carbonyl (C=O) groups excluding carboxylic acids is 2. The van der Waals surface area contributed by atoms with Crippen molar-refractivity contribution in [3.8, 4) is 11.5 Å². The fraction of sp³-hybridized carbons (Fsp3) is 0.391. The van der Waals surface area contributed by atoms with E-state index >= 15 is 0 Å². The molecule has 0 radical (unpaired) electrons. The molecule has 13 nitrogen and oxygen atoms in total. The molecule has 0 aliphatic carbocycles. The Balaban J connectivity index is 1.60. The molecule has 36 heavy (non-hydrogen) atoms. The van der Waals surface area contributed by atoms with Crippen molar-refractivity contribution < 1.29 is 23.8 Å². The van der Waals surface area contributed by atoms with E-state index in [2.05, 4.69) is 20.3 Å². The van der Waals surface area contributed by atoms with Crippen molar-refractivity contribution in [3.05, 3.63) is 40.4 Å². The molecule has 3 N–H and O–H groups in total. The molecule has 1 aromatic carbocycles. The Hall–Kier alpha value is -4.26. The predicted molar refractivity (Wildman–Crippen MR) is 130 cm³/mol. The van der Waals surface area contributed by atoms with Gasteiger partial charge in [0.1, 0.15) is 5.52 Å². The number of anilines is 2. The van der Waals surface area contributed by atoms with E-state index in [4.69, 9.17) is 19.9 Å². The number of hydrogen-bond donors (Lipinski definition) is 2. The summed E-state index contributed by atoms with van der Waals surface area (Å²) in [7, 11) is 1.43. The van der Waals surface area contributed by atoms with Crippen LogP contribution in [0.15, 0.2) is 29.3 Å². The third-order valence-corrected chi connectivity index (χ3v) is 5.66. The number of methoxy groups -OCH3 is 1. The minimum Gasteiger partial charge on any atom is -0.491 e. The van der Waals surface area contributed by atoms with E-state index in [1.165, 1.54) is 24.1 Å². The Morgan fingerprint density at radius 3 is 2.58 bits per heavy atom. The van der Waals surface area contributed by atoms with Gasteiger partial charge in [-0.15, -0.1) is 0 Å². The van der Waals surface area contributed by atoms with Crippen LogP contribution in [0.25, 0.3) is 10.9 Å². The number of fused-ring (bicyclic) bond motifs is 1. The number of nitrogen functional groups attached to an aromatic ring is 1. The van der Waals surface area contributed by atoms with E-state index in [-0.39, 0.29) is 59.8 Å². The number of aromatic nitrogens is 4. The number of amides is 2. The maximum atomic E-state index is 13.2. The van der Waals surface area contributed by atoms with Crippen LogP contribution in [0, 0.1) is 0 Å². The first kappa shape index (κ1) is 24.9. The van der Waals surface area contributed by atoms with E-state index in [0.717, 1.165) is 0 Å². The molecule has 4 rings (SSSR count). The zero-order valence-corrected chi connectivity index (χ0v) is 20.0. The van der Waals surface area contributed by atoms with Crippen LogP contribution in [0.3, 0.4) is 0 Å². The van der Waals surface area contributed by atoms with Gasteiger partial charge in [-0.05, 0) is 19.1 Å². The van der Waals surface area contributed by atoms with Gasteiger partial charge in [-0.3, -0.25) is 24.3 Å². The number of benzene rings is 1. The van der Waals surface area contributed by atoms with Crippen LogP contribution in [0.2, 0.25) is 0 Å². The summed E-state index contributed by atoms with van der Waals surface area (Å²) in [5.74, 6) is 0.0118. The molecule has 1 aliphatic rings. The summed E-state index contributed by atoms with van der Waals surface area (Å²) in [6.07, 6.45) is 2.73. The number of rotatable bonds is 8. The first-order valence-electron chi connectivity index (χ1n) is 11.4. The highest BCUT2D eigenvalue weighted by molar-refractivity contribution is 6.03. The highest BCUT2D eigenvalue weighted by Crippen LogP contribution is 2.34. The van der Waals surface area contributed by atoms with Crippen LogP contribution < -0.4 is 26.1 Å². The Morgan fingerprint density at radius 1 is 1.19 bits per heavy atom.